The molecule has 0 spiro atoms. The van der Waals surface area contributed by atoms with Gasteiger partial charge in [-0.25, -0.2) is 0 Å². The Morgan fingerprint density at radius 2 is 2.50 bits per heavy atom. The van der Waals surface area contributed by atoms with Crippen molar-refractivity contribution in [3.05, 3.63) is 11.6 Å². The number of rotatable bonds is 4. The molecule has 1 fully saturated rings. The van der Waals surface area contributed by atoms with Crippen molar-refractivity contribution < 1.29 is 9.53 Å². The van der Waals surface area contributed by atoms with Crippen LogP contribution in [0.25, 0.3) is 0 Å². The van der Waals surface area contributed by atoms with Crippen molar-refractivity contribution in [3.8, 4) is 0 Å². The summed E-state index contributed by atoms with van der Waals surface area (Å²) < 4.78 is 5.09. The number of carbonyl (C=O) groups excluding carboxylic acids is 1. The van der Waals surface area contributed by atoms with Crippen LogP contribution in [0.4, 0.5) is 0 Å². The van der Waals surface area contributed by atoms with Crippen molar-refractivity contribution in [3.63, 3.8) is 0 Å². The number of hydrogen-bond donors (Lipinski definition) is 1. The van der Waals surface area contributed by atoms with E-state index in [0.29, 0.717) is 6.61 Å². The van der Waals surface area contributed by atoms with E-state index in [4.69, 9.17) is 10.5 Å². The topological polar surface area (TPSA) is 55.6 Å². The highest BCUT2D eigenvalue weighted by Gasteiger charge is 2.48. The van der Waals surface area contributed by atoms with E-state index in [1.54, 1.807) is 0 Å². The first kappa shape index (κ1) is 9.87. The zero-order valence-corrected chi connectivity index (χ0v) is 8.58. The number of hydrogen-bond acceptors (Lipinski definition) is 3. The minimum absolute atomic E-state index is 0.0605. The summed E-state index contributed by atoms with van der Waals surface area (Å²) in [5.41, 5.74) is 6.64. The van der Waals surface area contributed by atoms with E-state index in [0.717, 1.165) is 19.3 Å². The summed E-state index contributed by atoms with van der Waals surface area (Å²) in [6, 6.07) is -0.369. The molecule has 0 radical (unpaired) electrons. The summed E-state index contributed by atoms with van der Waals surface area (Å²) in [4.78, 5) is 11.7. The second-order valence-corrected chi connectivity index (χ2v) is 4.45. The number of epoxide rings is 1. The zero-order chi connectivity index (χ0) is 10.2. The van der Waals surface area contributed by atoms with Crippen LogP contribution in [0.15, 0.2) is 11.6 Å². The molecule has 78 valence electrons. The van der Waals surface area contributed by atoms with Gasteiger partial charge in [0, 0.05) is 0 Å². The summed E-state index contributed by atoms with van der Waals surface area (Å²) in [6.07, 6.45) is 6.40. The van der Waals surface area contributed by atoms with Gasteiger partial charge in [-0.2, -0.15) is 0 Å². The van der Waals surface area contributed by atoms with E-state index < -0.39 is 5.60 Å². The molecule has 0 bridgehead atoms. The Morgan fingerprint density at radius 3 is 3.00 bits per heavy atom. The third-order valence-electron chi connectivity index (χ3n) is 3.05. The molecule has 1 aliphatic heterocycles. The molecule has 1 heterocycles. The van der Waals surface area contributed by atoms with Gasteiger partial charge in [0.2, 0.25) is 0 Å². The Morgan fingerprint density at radius 1 is 1.79 bits per heavy atom. The molecule has 1 saturated heterocycles. The molecule has 0 aromatic rings. The van der Waals surface area contributed by atoms with Gasteiger partial charge in [-0.1, -0.05) is 11.6 Å². The van der Waals surface area contributed by atoms with Crippen molar-refractivity contribution in [1.29, 1.82) is 0 Å². The number of ketones is 1. The lowest BCUT2D eigenvalue weighted by Gasteiger charge is -2.13. The fourth-order valence-electron chi connectivity index (χ4n) is 1.94. The van der Waals surface area contributed by atoms with Crippen LogP contribution in [0.5, 0.6) is 0 Å². The van der Waals surface area contributed by atoms with Gasteiger partial charge in [0.05, 0.1) is 12.6 Å². The predicted molar refractivity (Wildman–Crippen MR) is 53.9 cm³/mol. The largest absolute Gasteiger partial charge is 0.362 e. The molecule has 0 aromatic heterocycles. The minimum Gasteiger partial charge on any atom is -0.362 e. The Balaban J connectivity index is 1.88. The van der Waals surface area contributed by atoms with E-state index in [2.05, 4.69) is 6.08 Å². The van der Waals surface area contributed by atoms with E-state index >= 15 is 0 Å². The number of carbonyl (C=O) groups is 1. The molecule has 0 amide bonds. The van der Waals surface area contributed by atoms with E-state index in [-0.39, 0.29) is 11.8 Å². The Kier molecular flexibility index (Phi) is 2.45. The minimum atomic E-state index is -0.557. The van der Waals surface area contributed by atoms with Crippen LogP contribution in [0.3, 0.4) is 0 Å². The lowest BCUT2D eigenvalue weighted by Crippen LogP contribution is -2.39. The summed E-state index contributed by atoms with van der Waals surface area (Å²) >= 11 is 0. The molecule has 2 rings (SSSR count). The summed E-state index contributed by atoms with van der Waals surface area (Å²) in [6.45, 7) is 2.36. The summed E-state index contributed by atoms with van der Waals surface area (Å²) in [5.74, 6) is 0.0605. The van der Waals surface area contributed by atoms with Gasteiger partial charge in [-0.05, 0) is 32.6 Å². The number of allylic oxidation sites excluding steroid dienone is 1. The zero-order valence-electron chi connectivity index (χ0n) is 8.58. The molecule has 1 aliphatic carbocycles. The third-order valence-corrected chi connectivity index (χ3v) is 3.05. The SMILES string of the molecule is C[C@@]1(C(=O)[C@@H](N)CC2=CCCC2)CO1. The molecule has 0 unspecified atom stereocenters. The maximum Gasteiger partial charge on any atom is 0.183 e. The average Bonchev–Trinajstić information content (AvgIpc) is 2.71. The predicted octanol–water partition coefficient (Wildman–Crippen LogP) is 1.17. The van der Waals surface area contributed by atoms with Crippen LogP contribution in [0, 0.1) is 0 Å². The van der Waals surface area contributed by atoms with Crippen molar-refractivity contribution in [2.45, 2.75) is 44.2 Å². The third kappa shape index (κ3) is 1.88. The van der Waals surface area contributed by atoms with Gasteiger partial charge >= 0.3 is 0 Å². The molecule has 3 nitrogen and oxygen atoms in total. The molecule has 3 heteroatoms. The van der Waals surface area contributed by atoms with Crippen LogP contribution in [-0.2, 0) is 9.53 Å². The van der Waals surface area contributed by atoms with E-state index in [9.17, 15) is 4.79 Å². The van der Waals surface area contributed by atoms with Crippen molar-refractivity contribution in [2.75, 3.05) is 6.61 Å². The van der Waals surface area contributed by atoms with Crippen LogP contribution in [-0.4, -0.2) is 24.0 Å². The van der Waals surface area contributed by atoms with E-state index in [1.807, 2.05) is 6.92 Å². The maximum absolute atomic E-state index is 11.7. The first-order valence-electron chi connectivity index (χ1n) is 5.23. The number of nitrogens with two attached hydrogens (primary N) is 1. The summed E-state index contributed by atoms with van der Waals surface area (Å²) in [7, 11) is 0. The molecule has 2 atom stereocenters. The van der Waals surface area contributed by atoms with Crippen LogP contribution < -0.4 is 5.73 Å². The smallest absolute Gasteiger partial charge is 0.183 e. The fourth-order valence-corrected chi connectivity index (χ4v) is 1.94. The molecule has 0 aromatic carbocycles. The van der Waals surface area contributed by atoms with Crippen molar-refractivity contribution in [1.82, 2.24) is 0 Å². The monoisotopic (exact) mass is 195 g/mol. The molecular formula is C11H17NO2. The second-order valence-electron chi connectivity index (χ2n) is 4.45. The number of Topliss-reactive ketones (excluding diaryl/α,β-unsaturated/α-hetero) is 1. The quantitative estimate of drug-likeness (QED) is 0.541. The molecule has 2 aliphatic rings. The Hall–Kier alpha value is -0.670. The van der Waals surface area contributed by atoms with E-state index in [1.165, 1.54) is 12.0 Å². The van der Waals surface area contributed by atoms with Crippen molar-refractivity contribution >= 4 is 5.78 Å². The summed E-state index contributed by atoms with van der Waals surface area (Å²) in [5, 5.41) is 0. The molecule has 14 heavy (non-hydrogen) atoms. The average molecular weight is 195 g/mol. The van der Waals surface area contributed by atoms with Crippen molar-refractivity contribution in [2.24, 2.45) is 5.73 Å². The van der Waals surface area contributed by atoms with Crippen LogP contribution >= 0.6 is 0 Å². The highest BCUT2D eigenvalue weighted by Crippen LogP contribution is 2.30. The van der Waals surface area contributed by atoms with Gasteiger partial charge < -0.3 is 10.5 Å². The molecule has 2 N–H and O–H groups in total. The maximum atomic E-state index is 11.7. The van der Waals surface area contributed by atoms with Crippen LogP contribution in [0.2, 0.25) is 0 Å². The molecule has 0 saturated carbocycles. The van der Waals surface area contributed by atoms with Crippen LogP contribution in [0.1, 0.15) is 32.6 Å². The Bertz CT molecular complexity index is 279. The first-order valence-corrected chi connectivity index (χ1v) is 5.23. The fraction of sp³-hybridized carbons (Fsp3) is 0.727. The lowest BCUT2D eigenvalue weighted by molar-refractivity contribution is -0.124. The first-order chi connectivity index (χ1) is 6.62. The standard InChI is InChI=1S/C11H17NO2/c1-11(7-14-11)10(13)9(12)6-8-4-2-3-5-8/h4,9H,2-3,5-7,12H2,1H3/t9-,11-/m0/s1. The van der Waals surface area contributed by atoms with Gasteiger partial charge in [-0.3, -0.25) is 4.79 Å². The Labute approximate surface area is 84.3 Å². The second kappa shape index (κ2) is 3.48. The highest BCUT2D eigenvalue weighted by molar-refractivity contribution is 5.93. The van der Waals surface area contributed by atoms with Gasteiger partial charge in [0.15, 0.2) is 5.78 Å². The van der Waals surface area contributed by atoms with Gasteiger partial charge in [0.25, 0.3) is 0 Å². The lowest BCUT2D eigenvalue weighted by atomic mass is 9.95. The van der Waals surface area contributed by atoms with Gasteiger partial charge in [-0.15, -0.1) is 0 Å². The molecular weight excluding hydrogens is 178 g/mol. The highest BCUT2D eigenvalue weighted by atomic mass is 16.6. The van der Waals surface area contributed by atoms with Gasteiger partial charge in [0.1, 0.15) is 5.60 Å². The normalized spacial score (nSPS) is 32.6. The number of ether oxygens (including phenoxy) is 1.